The third kappa shape index (κ3) is 3.14. The van der Waals surface area contributed by atoms with E-state index in [4.69, 9.17) is 11.6 Å². The van der Waals surface area contributed by atoms with Gasteiger partial charge in [0.05, 0.1) is 10.7 Å². The van der Waals surface area contributed by atoms with Gasteiger partial charge in [0, 0.05) is 25.7 Å². The number of amides is 1. The molecule has 0 aliphatic heterocycles. The summed E-state index contributed by atoms with van der Waals surface area (Å²) in [6, 6.07) is 5.50. The average molecular weight is 241 g/mol. The van der Waals surface area contributed by atoms with E-state index in [1.165, 1.54) is 0 Å². The summed E-state index contributed by atoms with van der Waals surface area (Å²) in [6.45, 7) is 3.70. The van der Waals surface area contributed by atoms with Crippen LogP contribution in [0.25, 0.3) is 0 Å². The molecule has 0 fully saturated rings. The maximum absolute atomic E-state index is 11.5. The minimum atomic E-state index is -0.0349. The number of nitrogens with zero attached hydrogens (tertiary/aromatic N) is 1. The lowest BCUT2D eigenvalue weighted by Crippen LogP contribution is -2.18. The standard InChI is InChI=1S/C12H17ClN2O/c1-8(2)12(16)14-9-5-6-11(15(3)4)10(13)7-9/h5-8H,1-4H3,(H,14,16). The third-order valence-corrected chi connectivity index (χ3v) is 2.52. The fraction of sp³-hybridized carbons (Fsp3) is 0.417. The first-order chi connectivity index (χ1) is 7.41. The van der Waals surface area contributed by atoms with Crippen LogP contribution in [0.15, 0.2) is 18.2 Å². The Morgan fingerprint density at radius 3 is 2.44 bits per heavy atom. The van der Waals surface area contributed by atoms with Crippen LogP contribution in [-0.4, -0.2) is 20.0 Å². The lowest BCUT2D eigenvalue weighted by molar-refractivity contribution is -0.118. The summed E-state index contributed by atoms with van der Waals surface area (Å²) in [5, 5.41) is 3.44. The van der Waals surface area contributed by atoms with Crippen molar-refractivity contribution in [2.24, 2.45) is 5.92 Å². The van der Waals surface area contributed by atoms with E-state index < -0.39 is 0 Å². The summed E-state index contributed by atoms with van der Waals surface area (Å²) in [6.07, 6.45) is 0. The molecule has 0 atom stereocenters. The van der Waals surface area contributed by atoms with Crippen LogP contribution < -0.4 is 10.2 Å². The van der Waals surface area contributed by atoms with Crippen molar-refractivity contribution in [1.29, 1.82) is 0 Å². The highest BCUT2D eigenvalue weighted by atomic mass is 35.5. The molecule has 1 aromatic rings. The monoisotopic (exact) mass is 240 g/mol. The molecule has 0 aromatic heterocycles. The van der Waals surface area contributed by atoms with Crippen LogP contribution in [0.1, 0.15) is 13.8 Å². The van der Waals surface area contributed by atoms with Crippen LogP contribution in [-0.2, 0) is 4.79 Å². The Morgan fingerprint density at radius 1 is 1.38 bits per heavy atom. The minimum Gasteiger partial charge on any atom is -0.376 e. The van der Waals surface area contributed by atoms with Crippen molar-refractivity contribution in [3.8, 4) is 0 Å². The zero-order chi connectivity index (χ0) is 12.3. The molecule has 0 saturated carbocycles. The Balaban J connectivity index is 2.85. The third-order valence-electron chi connectivity index (χ3n) is 2.22. The van der Waals surface area contributed by atoms with E-state index >= 15 is 0 Å². The number of hydrogen-bond acceptors (Lipinski definition) is 2. The Hall–Kier alpha value is -1.22. The molecule has 1 amide bonds. The van der Waals surface area contributed by atoms with E-state index in [1.54, 1.807) is 6.07 Å². The molecule has 1 aromatic carbocycles. The van der Waals surface area contributed by atoms with E-state index in [0.29, 0.717) is 5.02 Å². The van der Waals surface area contributed by atoms with Gasteiger partial charge in [0.25, 0.3) is 0 Å². The summed E-state index contributed by atoms with van der Waals surface area (Å²) in [5.74, 6) is -0.0408. The predicted octanol–water partition coefficient (Wildman–Crippen LogP) is 3.00. The van der Waals surface area contributed by atoms with Crippen LogP contribution in [0.2, 0.25) is 5.02 Å². The van der Waals surface area contributed by atoms with Crippen molar-refractivity contribution >= 4 is 28.9 Å². The van der Waals surface area contributed by atoms with Crippen molar-refractivity contribution in [1.82, 2.24) is 0 Å². The lowest BCUT2D eigenvalue weighted by Gasteiger charge is -2.15. The van der Waals surface area contributed by atoms with Gasteiger partial charge in [-0.25, -0.2) is 0 Å². The van der Waals surface area contributed by atoms with Gasteiger partial charge in [-0.15, -0.1) is 0 Å². The second kappa shape index (κ2) is 5.21. The summed E-state index contributed by atoms with van der Waals surface area (Å²) in [4.78, 5) is 13.4. The molecular formula is C12H17ClN2O. The Labute approximate surface area is 101 Å². The van der Waals surface area contributed by atoms with Gasteiger partial charge < -0.3 is 10.2 Å². The zero-order valence-electron chi connectivity index (χ0n) is 10.0. The lowest BCUT2D eigenvalue weighted by atomic mass is 10.2. The molecule has 0 bridgehead atoms. The topological polar surface area (TPSA) is 32.3 Å². The molecule has 4 heteroatoms. The minimum absolute atomic E-state index is 0.00586. The largest absolute Gasteiger partial charge is 0.376 e. The number of hydrogen-bond donors (Lipinski definition) is 1. The van der Waals surface area contributed by atoms with E-state index in [2.05, 4.69) is 5.32 Å². The van der Waals surface area contributed by atoms with Gasteiger partial charge in [0.15, 0.2) is 0 Å². The van der Waals surface area contributed by atoms with Crippen LogP contribution in [0, 0.1) is 5.92 Å². The molecule has 3 nitrogen and oxygen atoms in total. The summed E-state index contributed by atoms with van der Waals surface area (Å²) >= 11 is 6.09. The van der Waals surface area contributed by atoms with Crippen molar-refractivity contribution in [2.75, 3.05) is 24.3 Å². The van der Waals surface area contributed by atoms with Crippen LogP contribution in [0.4, 0.5) is 11.4 Å². The highest BCUT2D eigenvalue weighted by Gasteiger charge is 2.09. The first-order valence-corrected chi connectivity index (χ1v) is 5.57. The van der Waals surface area contributed by atoms with Crippen LogP contribution >= 0.6 is 11.6 Å². The second-order valence-corrected chi connectivity index (χ2v) is 4.61. The Kier molecular flexibility index (Phi) is 4.19. The van der Waals surface area contributed by atoms with Crippen molar-refractivity contribution in [3.05, 3.63) is 23.2 Å². The Bertz CT molecular complexity index is 389. The average Bonchev–Trinajstić information content (AvgIpc) is 2.16. The van der Waals surface area contributed by atoms with Gasteiger partial charge in [0.1, 0.15) is 0 Å². The van der Waals surface area contributed by atoms with Crippen LogP contribution in [0.5, 0.6) is 0 Å². The molecule has 0 heterocycles. The Morgan fingerprint density at radius 2 is 2.00 bits per heavy atom. The number of anilines is 2. The molecule has 16 heavy (non-hydrogen) atoms. The van der Waals surface area contributed by atoms with Gasteiger partial charge >= 0.3 is 0 Å². The maximum atomic E-state index is 11.5. The highest BCUT2D eigenvalue weighted by Crippen LogP contribution is 2.27. The summed E-state index contributed by atoms with van der Waals surface area (Å²) in [7, 11) is 3.85. The summed E-state index contributed by atoms with van der Waals surface area (Å²) < 4.78 is 0. The molecule has 0 unspecified atom stereocenters. The first-order valence-electron chi connectivity index (χ1n) is 5.19. The number of carbonyl (C=O) groups excluding carboxylic acids is 1. The molecule has 0 aliphatic carbocycles. The van der Waals surface area contributed by atoms with E-state index in [0.717, 1.165) is 11.4 Å². The van der Waals surface area contributed by atoms with Crippen molar-refractivity contribution < 1.29 is 4.79 Å². The van der Waals surface area contributed by atoms with Gasteiger partial charge in [-0.3, -0.25) is 4.79 Å². The number of carbonyl (C=O) groups is 1. The first kappa shape index (κ1) is 12.8. The summed E-state index contributed by atoms with van der Waals surface area (Å²) in [5.41, 5.74) is 1.67. The highest BCUT2D eigenvalue weighted by molar-refractivity contribution is 6.33. The molecule has 0 aliphatic rings. The van der Waals surface area contributed by atoms with Gasteiger partial charge in [-0.2, -0.15) is 0 Å². The van der Waals surface area contributed by atoms with Gasteiger partial charge in [0.2, 0.25) is 5.91 Å². The maximum Gasteiger partial charge on any atom is 0.226 e. The second-order valence-electron chi connectivity index (χ2n) is 4.20. The van der Waals surface area contributed by atoms with E-state index in [-0.39, 0.29) is 11.8 Å². The molecule has 0 saturated heterocycles. The molecule has 1 N–H and O–H groups in total. The number of nitrogens with one attached hydrogen (secondary N) is 1. The van der Waals surface area contributed by atoms with Crippen molar-refractivity contribution in [3.63, 3.8) is 0 Å². The molecular weight excluding hydrogens is 224 g/mol. The van der Waals surface area contributed by atoms with Crippen LogP contribution in [0.3, 0.4) is 0 Å². The fourth-order valence-electron chi connectivity index (χ4n) is 1.23. The quantitative estimate of drug-likeness (QED) is 0.881. The molecule has 0 radical (unpaired) electrons. The van der Waals surface area contributed by atoms with E-state index in [1.807, 2.05) is 45.0 Å². The normalized spacial score (nSPS) is 10.4. The fourth-order valence-corrected chi connectivity index (χ4v) is 1.58. The van der Waals surface area contributed by atoms with E-state index in [9.17, 15) is 4.79 Å². The molecule has 1 rings (SSSR count). The molecule has 0 spiro atoms. The van der Waals surface area contributed by atoms with Crippen molar-refractivity contribution in [2.45, 2.75) is 13.8 Å². The number of rotatable bonds is 3. The predicted molar refractivity (Wildman–Crippen MR) is 69.2 cm³/mol. The zero-order valence-corrected chi connectivity index (χ0v) is 10.8. The molecule has 88 valence electrons. The number of benzene rings is 1. The van der Waals surface area contributed by atoms with Gasteiger partial charge in [-0.05, 0) is 18.2 Å². The van der Waals surface area contributed by atoms with Gasteiger partial charge in [-0.1, -0.05) is 25.4 Å². The smallest absolute Gasteiger partial charge is 0.226 e. The number of halogens is 1. The SMILES string of the molecule is CC(C)C(=O)Nc1ccc(N(C)C)c(Cl)c1.